The number of hydrogen-bond acceptors (Lipinski definition) is 7. The van der Waals surface area contributed by atoms with Gasteiger partial charge in [-0.05, 0) is 30.3 Å². The summed E-state index contributed by atoms with van der Waals surface area (Å²) in [5.74, 6) is -0.0816. The van der Waals surface area contributed by atoms with Gasteiger partial charge < -0.3 is 24.7 Å². The number of nitrogens with zero attached hydrogens (tertiary/aromatic N) is 1. The molecule has 1 aliphatic heterocycles. The summed E-state index contributed by atoms with van der Waals surface area (Å²) in [6.07, 6.45) is 1.65. The Kier molecular flexibility index (Phi) is 6.86. The predicted molar refractivity (Wildman–Crippen MR) is 113 cm³/mol. The zero-order chi connectivity index (χ0) is 21.6. The molecule has 0 saturated carbocycles. The van der Waals surface area contributed by atoms with Gasteiger partial charge in [-0.3, -0.25) is 9.78 Å². The molecule has 31 heavy (non-hydrogen) atoms. The van der Waals surface area contributed by atoms with E-state index in [0.29, 0.717) is 61.6 Å². The lowest BCUT2D eigenvalue weighted by molar-refractivity contribution is 0.0224. The van der Waals surface area contributed by atoms with E-state index in [9.17, 15) is 9.18 Å². The molecule has 0 spiro atoms. The molecule has 0 aliphatic carbocycles. The first-order valence-corrected chi connectivity index (χ1v) is 10.5. The van der Waals surface area contributed by atoms with Crippen LogP contribution in [0.2, 0.25) is 0 Å². The topological polar surface area (TPSA) is 92.9 Å². The highest BCUT2D eigenvalue weighted by atomic mass is 32.2. The number of carbonyl (C=O) groups excluding carboxylic acids is 1. The third-order valence-electron chi connectivity index (χ3n) is 4.55. The number of rotatable bonds is 3. The van der Waals surface area contributed by atoms with Gasteiger partial charge in [-0.25, -0.2) is 4.39 Å². The van der Waals surface area contributed by atoms with Crippen molar-refractivity contribution in [2.24, 2.45) is 5.73 Å². The second kappa shape index (κ2) is 9.95. The lowest BCUT2D eigenvalue weighted by Crippen LogP contribution is -2.15. The number of hydrogen-bond donors (Lipinski definition) is 1. The SMILES string of the molecule is NC(=O)c1ccc(Sc2ccnc3cc4c(cc23)OCCOCCOCCO4)c(F)c1. The predicted octanol–water partition coefficient (Wildman–Crippen LogP) is 3.43. The van der Waals surface area contributed by atoms with Crippen molar-refractivity contribution in [3.63, 3.8) is 0 Å². The molecule has 1 aromatic heterocycles. The Morgan fingerprint density at radius 3 is 2.26 bits per heavy atom. The van der Waals surface area contributed by atoms with Crippen LogP contribution >= 0.6 is 11.8 Å². The highest BCUT2D eigenvalue weighted by Crippen LogP contribution is 2.39. The average molecular weight is 444 g/mol. The third-order valence-corrected chi connectivity index (χ3v) is 5.67. The van der Waals surface area contributed by atoms with Crippen molar-refractivity contribution >= 4 is 28.6 Å². The van der Waals surface area contributed by atoms with Crippen LogP contribution in [0.4, 0.5) is 4.39 Å². The smallest absolute Gasteiger partial charge is 0.248 e. The first-order chi connectivity index (χ1) is 15.1. The Balaban J connectivity index is 1.67. The Morgan fingerprint density at radius 2 is 1.58 bits per heavy atom. The van der Waals surface area contributed by atoms with E-state index in [4.69, 9.17) is 24.7 Å². The van der Waals surface area contributed by atoms with E-state index in [-0.39, 0.29) is 5.56 Å². The lowest BCUT2D eigenvalue weighted by atomic mass is 10.2. The molecule has 1 amide bonds. The summed E-state index contributed by atoms with van der Waals surface area (Å²) in [7, 11) is 0. The van der Waals surface area contributed by atoms with E-state index < -0.39 is 11.7 Å². The van der Waals surface area contributed by atoms with E-state index in [1.54, 1.807) is 18.3 Å². The second-order valence-corrected chi connectivity index (χ2v) is 7.74. The Morgan fingerprint density at radius 1 is 0.903 bits per heavy atom. The van der Waals surface area contributed by atoms with Gasteiger partial charge in [0.1, 0.15) is 19.0 Å². The Hall–Kier alpha value is -2.88. The largest absolute Gasteiger partial charge is 0.487 e. The number of aromatic nitrogens is 1. The molecule has 9 heteroatoms. The maximum absolute atomic E-state index is 14.5. The van der Waals surface area contributed by atoms with Crippen molar-refractivity contribution in [1.82, 2.24) is 4.98 Å². The number of halogens is 1. The summed E-state index contributed by atoms with van der Waals surface area (Å²) in [6.45, 7) is 2.59. The number of carbonyl (C=O) groups is 1. The van der Waals surface area contributed by atoms with E-state index in [0.717, 1.165) is 16.3 Å². The van der Waals surface area contributed by atoms with Gasteiger partial charge in [-0.2, -0.15) is 0 Å². The van der Waals surface area contributed by atoms with Crippen LogP contribution in [0.3, 0.4) is 0 Å². The van der Waals surface area contributed by atoms with E-state index in [1.165, 1.54) is 23.9 Å². The van der Waals surface area contributed by atoms with Crippen LogP contribution in [-0.2, 0) is 9.47 Å². The first kappa shape index (κ1) is 21.4. The molecule has 2 aromatic carbocycles. The fraction of sp³-hybridized carbons (Fsp3) is 0.273. The number of amides is 1. The van der Waals surface area contributed by atoms with Crippen LogP contribution in [0.25, 0.3) is 10.9 Å². The Labute approximate surface area is 182 Å². The van der Waals surface area contributed by atoms with E-state index in [2.05, 4.69) is 4.98 Å². The molecule has 3 aromatic rings. The van der Waals surface area contributed by atoms with Crippen molar-refractivity contribution in [3.8, 4) is 11.5 Å². The molecule has 0 unspecified atom stereocenters. The van der Waals surface area contributed by atoms with Gasteiger partial charge >= 0.3 is 0 Å². The molecule has 7 nitrogen and oxygen atoms in total. The minimum absolute atomic E-state index is 0.123. The van der Waals surface area contributed by atoms with Gasteiger partial charge in [0.05, 0.1) is 31.9 Å². The second-order valence-electron chi connectivity index (χ2n) is 6.66. The summed E-state index contributed by atoms with van der Waals surface area (Å²) >= 11 is 1.23. The molecule has 4 rings (SSSR count). The maximum atomic E-state index is 14.5. The number of benzene rings is 2. The molecular weight excluding hydrogens is 423 g/mol. The van der Waals surface area contributed by atoms with Crippen molar-refractivity contribution < 1.29 is 28.1 Å². The summed E-state index contributed by atoms with van der Waals surface area (Å²) < 4.78 is 37.2. The summed E-state index contributed by atoms with van der Waals surface area (Å²) in [4.78, 5) is 16.8. The van der Waals surface area contributed by atoms with Crippen LogP contribution in [0.1, 0.15) is 10.4 Å². The van der Waals surface area contributed by atoms with Crippen molar-refractivity contribution in [2.75, 3.05) is 39.6 Å². The maximum Gasteiger partial charge on any atom is 0.248 e. The minimum atomic E-state index is -0.673. The van der Waals surface area contributed by atoms with Crippen LogP contribution < -0.4 is 15.2 Å². The van der Waals surface area contributed by atoms with Crippen molar-refractivity contribution in [3.05, 3.63) is 54.0 Å². The van der Waals surface area contributed by atoms with Crippen molar-refractivity contribution in [2.45, 2.75) is 9.79 Å². The number of fused-ring (bicyclic) bond motifs is 2. The highest BCUT2D eigenvalue weighted by molar-refractivity contribution is 7.99. The fourth-order valence-corrected chi connectivity index (χ4v) is 3.97. The monoisotopic (exact) mass is 444 g/mol. The van der Waals surface area contributed by atoms with Gasteiger partial charge in [0.15, 0.2) is 11.5 Å². The average Bonchev–Trinajstić information content (AvgIpc) is 2.75. The molecule has 2 heterocycles. The minimum Gasteiger partial charge on any atom is -0.487 e. The molecule has 0 radical (unpaired) electrons. The highest BCUT2D eigenvalue weighted by Gasteiger charge is 2.15. The van der Waals surface area contributed by atoms with Crippen LogP contribution in [0.5, 0.6) is 11.5 Å². The molecule has 0 fully saturated rings. The lowest BCUT2D eigenvalue weighted by Gasteiger charge is -2.16. The zero-order valence-electron chi connectivity index (χ0n) is 16.6. The zero-order valence-corrected chi connectivity index (χ0v) is 17.5. The normalized spacial score (nSPS) is 15.1. The molecule has 2 N–H and O–H groups in total. The number of pyridine rings is 1. The van der Waals surface area contributed by atoms with Crippen molar-refractivity contribution in [1.29, 1.82) is 0 Å². The van der Waals surface area contributed by atoms with E-state index in [1.807, 2.05) is 6.07 Å². The quantitative estimate of drug-likeness (QED) is 0.662. The molecule has 0 saturated heterocycles. The molecular formula is C22H21FN2O5S. The van der Waals surface area contributed by atoms with Gasteiger partial charge in [-0.1, -0.05) is 11.8 Å². The van der Waals surface area contributed by atoms with E-state index >= 15 is 0 Å². The number of nitrogens with two attached hydrogens (primary N) is 1. The van der Waals surface area contributed by atoms with Crippen LogP contribution in [-0.4, -0.2) is 50.5 Å². The fourth-order valence-electron chi connectivity index (χ4n) is 3.04. The first-order valence-electron chi connectivity index (χ1n) is 9.73. The molecule has 0 bridgehead atoms. The molecule has 0 atom stereocenters. The summed E-state index contributed by atoms with van der Waals surface area (Å²) in [5, 5.41) is 0.789. The number of primary amides is 1. The van der Waals surface area contributed by atoms with Gasteiger partial charge in [0.25, 0.3) is 0 Å². The third kappa shape index (κ3) is 5.25. The molecule has 1 aliphatic rings. The summed E-state index contributed by atoms with van der Waals surface area (Å²) in [6, 6.07) is 9.62. The number of ether oxygens (including phenoxy) is 4. The van der Waals surface area contributed by atoms with Gasteiger partial charge in [0, 0.05) is 33.0 Å². The van der Waals surface area contributed by atoms with Gasteiger partial charge in [-0.15, -0.1) is 0 Å². The Bertz CT molecular complexity index is 1090. The van der Waals surface area contributed by atoms with Crippen LogP contribution in [0, 0.1) is 5.82 Å². The standard InChI is InChI=1S/C22H21FN2O5S/c23-16-11-14(22(24)26)1-2-21(16)31-20-3-4-25-17-13-19-18(12-15(17)20)29-9-7-27-5-6-28-8-10-30-19/h1-4,11-13H,5-10H2,(H2,24,26). The van der Waals surface area contributed by atoms with Crippen LogP contribution in [0.15, 0.2) is 52.4 Å². The van der Waals surface area contributed by atoms with Gasteiger partial charge in [0.2, 0.25) is 5.91 Å². The summed E-state index contributed by atoms with van der Waals surface area (Å²) in [5.41, 5.74) is 6.03. The molecule has 162 valence electrons.